The van der Waals surface area contributed by atoms with Gasteiger partial charge in [0.15, 0.2) is 0 Å². The van der Waals surface area contributed by atoms with Crippen molar-refractivity contribution in [3.05, 3.63) is 341 Å². The molecule has 6 aromatic carbocycles. The van der Waals surface area contributed by atoms with Crippen LogP contribution in [0.4, 0.5) is 0 Å². The molecule has 0 aliphatic carbocycles. The first-order chi connectivity index (χ1) is 68.7. The molecule has 1 unspecified atom stereocenters. The van der Waals surface area contributed by atoms with E-state index in [1.54, 1.807) is 117 Å². The molecule has 117 heavy (non-hydrogen) atoms. The summed E-state index contributed by atoms with van der Waals surface area (Å²) in [6.45, 7) is -15.8. The Morgan fingerprint density at radius 3 is 1.21 bits per heavy atom. The van der Waals surface area contributed by atoms with Crippen LogP contribution >= 0.6 is 0 Å². The van der Waals surface area contributed by atoms with Gasteiger partial charge >= 0.3 is 0 Å². The van der Waals surface area contributed by atoms with E-state index >= 15 is 0 Å². The Kier molecular flexibility index (Phi) is 18.6. The van der Waals surface area contributed by atoms with E-state index in [2.05, 4.69) is 81.3 Å². The topological polar surface area (TPSA) is 155 Å². The quantitative estimate of drug-likeness (QED) is 0.107. The number of aryl methyl sites for hydroxylation is 7. The first kappa shape index (κ1) is 52.7. The van der Waals surface area contributed by atoms with Crippen molar-refractivity contribution in [2.45, 2.75) is 134 Å². The Balaban J connectivity index is 0.000000190. The van der Waals surface area contributed by atoms with Gasteiger partial charge in [0.1, 0.15) is 0 Å². The fourth-order valence-electron chi connectivity index (χ4n) is 12.0. The minimum absolute atomic E-state index is 0. The largest absolute Gasteiger partial charge is 0.486 e. The number of nitrogens with zero attached hydrogens (tertiary/aromatic N) is 9. The van der Waals surface area contributed by atoms with Crippen molar-refractivity contribution in [1.29, 1.82) is 0 Å². The van der Waals surface area contributed by atoms with Crippen molar-refractivity contribution in [2.75, 3.05) is 0 Å². The zero-order valence-corrected chi connectivity index (χ0v) is 70.6. The minimum atomic E-state index is -3.41. The van der Waals surface area contributed by atoms with Gasteiger partial charge in [-0.25, -0.2) is 15.0 Å². The van der Waals surface area contributed by atoms with E-state index < -0.39 is 115 Å². The Hall–Kier alpha value is -11.0. The summed E-state index contributed by atoms with van der Waals surface area (Å²) in [7, 11) is 0. The fourth-order valence-corrected chi connectivity index (χ4v) is 12.0. The average molecular weight is 2100 g/mol. The molecule has 3 radical (unpaired) electrons. The van der Waals surface area contributed by atoms with Gasteiger partial charge in [-0.05, 0) is 193 Å². The molecule has 0 aliphatic rings. The molecule has 12 nitrogen and oxygen atoms in total. The molecular weight excluding hydrogens is 1980 g/mol. The van der Waals surface area contributed by atoms with Crippen LogP contribution in [0, 0.1) is 83.6 Å². The molecule has 0 saturated heterocycles. The van der Waals surface area contributed by atoms with Crippen molar-refractivity contribution >= 4 is 66.2 Å². The van der Waals surface area contributed by atoms with Gasteiger partial charge in [-0.2, -0.15) is 0 Å². The third-order valence-corrected chi connectivity index (χ3v) is 17.5. The second-order valence-electron chi connectivity index (χ2n) is 26.0. The number of benzene rings is 6. The Morgan fingerprint density at radius 2 is 0.795 bits per heavy atom. The van der Waals surface area contributed by atoms with Crippen LogP contribution in [0.5, 0.6) is 0 Å². The molecule has 15 heteroatoms. The molecule has 597 valence electrons. The van der Waals surface area contributed by atoms with Crippen molar-refractivity contribution in [3.8, 4) is 67.5 Å². The molecule has 0 amide bonds. The van der Waals surface area contributed by atoms with Gasteiger partial charge in [0.2, 0.25) is 17.1 Å². The summed E-state index contributed by atoms with van der Waals surface area (Å²) in [6, 6.07) is 75.5. The van der Waals surface area contributed by atoms with Gasteiger partial charge in [0, 0.05) is 178 Å². The summed E-state index contributed by atoms with van der Waals surface area (Å²) >= 11 is 0. The molecule has 12 heterocycles. The van der Waals surface area contributed by atoms with Crippen LogP contribution in [0.3, 0.4) is 0 Å². The van der Waals surface area contributed by atoms with Crippen molar-refractivity contribution in [3.63, 3.8) is 0 Å². The third-order valence-electron chi connectivity index (χ3n) is 17.5. The third kappa shape index (κ3) is 21.6. The van der Waals surface area contributed by atoms with Crippen LogP contribution in [0.1, 0.15) is 188 Å². The van der Waals surface area contributed by atoms with E-state index in [-0.39, 0.29) is 111 Å². The predicted molar refractivity (Wildman–Crippen MR) is 465 cm³/mol. The van der Waals surface area contributed by atoms with Gasteiger partial charge < -0.3 is 43.2 Å². The average Bonchev–Trinajstić information content (AvgIpc) is 1.59. The summed E-state index contributed by atoms with van der Waals surface area (Å²) in [6.07, 6.45) is 5.01. The SMILES string of the molecule is [2H]C([2H])(C)c1cnc(-c2[c-]ccc3c2oc2nc(C)ccc23)cc1C([2H])(C([2H])([2H])[2H])C([2H])([2H])[2H].[2H]C([2H])([2H])C([2H])(C)c1cnc(-c2[c-]ccc3c2oc2ncccc23)cc1C([2H])(C([2H])([2H])[2H])C([2H])([2H])[2H].[2H]C([2H])([2H])c1ccc(-c2[c-]cccc2)nc1.[2H]C([2H])([2H])c1ccc(-c2[c-]cccc2)nc1.[2H]C([2H])([2H])c1ccc(-c2[c-]cccc2)nc1.[2H]C([2H])([2H])c1cnc(-c2[c-]ccc3c2oc2nc(C)ccc23)cc1C([2H])([2H])C(C)C.[Ir].[Ir].[Ir]. The Labute approximate surface area is 775 Å². The molecule has 18 rings (SSSR count). The smallest absolute Gasteiger partial charge is 0.216 e. The standard InChI is InChI=1S/3C22H21N2O.3C12H10N.3Ir/c1-13(2)18-11-20(24-12-19(18)14(3)4)17-8-5-7-15-16-9-6-10-23-22(16)25-21(15)17;1-13(2)10-16-11-20(23-12-14(16)3)19-7-5-6-17-18-9-8-15(4)24-22(18)25-21(17)19;1-5-15-12-23-20(11-19(15)13(2)3)18-8-6-7-16-17-10-9-14(4)24-22(17)25-21(16)18;3*1-10-7-8-12(13-9-10)11-5-3-2-4-6-11;;;/h5-7,9-14H,1-4H3;5-6,8-9,11-13H,10H2,1-4H3;6-7,9-13H,5H2,1-4H3;3*2-5,7-9H,1H3;;;/q6*-1;;;/i1D3,2D3,3D3,13D,14D;3D3,10D2;2D3,3D3,5D2,13D;3*1D3;;;. The Bertz CT molecular complexity index is 7520. The van der Waals surface area contributed by atoms with Gasteiger partial charge in [-0.15, -0.1) is 162 Å². The van der Waals surface area contributed by atoms with E-state index in [0.717, 1.165) is 99.7 Å². The van der Waals surface area contributed by atoms with E-state index in [0.29, 0.717) is 66.9 Å². The van der Waals surface area contributed by atoms with Crippen molar-refractivity contribution < 1.29 is 120 Å². The number of fused-ring (bicyclic) bond motifs is 9. The molecule has 1 atom stereocenters. The number of aromatic nitrogens is 9. The maximum absolute atomic E-state index is 8.74. The molecule has 0 fully saturated rings. The van der Waals surface area contributed by atoms with Gasteiger partial charge in [-0.3, -0.25) is 0 Å². The summed E-state index contributed by atoms with van der Waals surface area (Å²) in [5.74, 6) is -9.25. The van der Waals surface area contributed by atoms with E-state index in [4.69, 9.17) is 59.9 Å². The molecule has 0 saturated carbocycles. The van der Waals surface area contributed by atoms with Crippen LogP contribution in [0.2, 0.25) is 0 Å². The fraction of sp³-hybridized carbons (Fsp3) is 0.206. The molecule has 0 aliphatic heterocycles. The molecule has 12 aromatic heterocycles. The number of furan rings is 3. The summed E-state index contributed by atoms with van der Waals surface area (Å²) in [4.78, 5) is 38.3. The number of hydrogen-bond donors (Lipinski definition) is 0. The van der Waals surface area contributed by atoms with Crippen molar-refractivity contribution in [1.82, 2.24) is 44.9 Å². The van der Waals surface area contributed by atoms with Crippen LogP contribution in [0.25, 0.3) is 134 Å². The maximum atomic E-state index is 8.74. The zero-order valence-electron chi connectivity index (χ0n) is 97.4. The summed E-state index contributed by atoms with van der Waals surface area (Å²) < 4.78 is 284. The number of hydrogen-bond acceptors (Lipinski definition) is 12. The van der Waals surface area contributed by atoms with Crippen LogP contribution in [-0.2, 0) is 73.1 Å². The van der Waals surface area contributed by atoms with Crippen molar-refractivity contribution in [2.24, 2.45) is 5.92 Å². The molecule has 18 aromatic rings. The second-order valence-corrected chi connectivity index (χ2v) is 26.0. The van der Waals surface area contributed by atoms with Gasteiger partial charge in [0.25, 0.3) is 0 Å². The van der Waals surface area contributed by atoms with Crippen LogP contribution in [0.15, 0.2) is 257 Å². The number of pyridine rings is 9. The molecule has 0 bridgehead atoms. The zero-order chi connectivity index (χ0) is 109. The molecule has 0 N–H and O–H groups in total. The summed E-state index contributed by atoms with van der Waals surface area (Å²) in [5, 5.41) is 4.51. The van der Waals surface area contributed by atoms with Gasteiger partial charge in [-0.1, -0.05) is 155 Å². The normalized spacial score (nSPS) is 17.1. The predicted octanol–water partition coefficient (Wildman–Crippen LogP) is 26.2. The maximum Gasteiger partial charge on any atom is 0.216 e. The molecular formula is C102H93Ir3N9O3-6. The molecule has 0 spiro atoms. The Morgan fingerprint density at radius 1 is 0.368 bits per heavy atom. The summed E-state index contributed by atoms with van der Waals surface area (Å²) in [5.41, 5.74) is 9.25. The van der Waals surface area contributed by atoms with Crippen LogP contribution < -0.4 is 0 Å². The first-order valence-electron chi connectivity index (χ1n) is 52.6. The van der Waals surface area contributed by atoms with E-state index in [9.17, 15) is 0 Å². The number of rotatable bonds is 12. The minimum Gasteiger partial charge on any atom is -0.486 e. The second kappa shape index (κ2) is 41.2. The van der Waals surface area contributed by atoms with Gasteiger partial charge in [0.05, 0.1) is 16.7 Å². The van der Waals surface area contributed by atoms with E-state index in [1.165, 1.54) is 30.9 Å². The monoisotopic (exact) mass is 2100 g/mol. The van der Waals surface area contributed by atoms with Crippen LogP contribution in [-0.4, -0.2) is 44.9 Å². The first-order valence-corrected chi connectivity index (χ1v) is 35.6. The van der Waals surface area contributed by atoms with E-state index in [1.807, 2.05) is 98.8 Å².